The zero-order valence-electron chi connectivity index (χ0n) is 9.32. The van der Waals surface area contributed by atoms with Crippen molar-refractivity contribution in [3.63, 3.8) is 0 Å². The Bertz CT molecular complexity index is 418. The van der Waals surface area contributed by atoms with Crippen molar-refractivity contribution in [3.8, 4) is 0 Å². The number of hydrogen-bond acceptors (Lipinski definition) is 4. The van der Waals surface area contributed by atoms with Gasteiger partial charge in [0.05, 0.1) is 12.2 Å². The summed E-state index contributed by atoms with van der Waals surface area (Å²) in [5.74, 6) is -0.822. The second-order valence-corrected chi connectivity index (χ2v) is 4.10. The normalized spacial score (nSPS) is 14.6. The molecule has 1 fully saturated rings. The summed E-state index contributed by atoms with van der Waals surface area (Å²) in [5.41, 5.74) is 5.51. The van der Waals surface area contributed by atoms with Gasteiger partial charge in [0.15, 0.2) is 6.79 Å². The highest BCUT2D eigenvalue weighted by Crippen LogP contribution is 2.28. The lowest BCUT2D eigenvalue weighted by Gasteiger charge is -2.06. The van der Waals surface area contributed by atoms with Crippen molar-refractivity contribution in [2.75, 3.05) is 19.1 Å². The molecule has 0 atom stereocenters. The first kappa shape index (κ1) is 11.9. The van der Waals surface area contributed by atoms with Crippen molar-refractivity contribution in [3.05, 3.63) is 29.6 Å². The number of esters is 1. The molecule has 5 heteroatoms. The zero-order valence-corrected chi connectivity index (χ0v) is 9.32. The number of rotatable bonds is 5. The summed E-state index contributed by atoms with van der Waals surface area (Å²) >= 11 is 0. The molecule has 1 saturated carbocycles. The highest BCUT2D eigenvalue weighted by atomic mass is 19.1. The van der Waals surface area contributed by atoms with E-state index in [1.165, 1.54) is 25.0 Å². The Kier molecular flexibility index (Phi) is 3.58. The van der Waals surface area contributed by atoms with Gasteiger partial charge in [0.2, 0.25) is 0 Å². The molecule has 17 heavy (non-hydrogen) atoms. The van der Waals surface area contributed by atoms with Crippen molar-refractivity contribution in [1.82, 2.24) is 0 Å². The van der Waals surface area contributed by atoms with Gasteiger partial charge in [-0.1, -0.05) is 0 Å². The van der Waals surface area contributed by atoms with Crippen molar-refractivity contribution in [1.29, 1.82) is 0 Å². The lowest BCUT2D eigenvalue weighted by Crippen LogP contribution is -2.11. The second-order valence-electron chi connectivity index (χ2n) is 4.10. The maximum Gasteiger partial charge on any atom is 0.343 e. The van der Waals surface area contributed by atoms with Crippen molar-refractivity contribution in [2.45, 2.75) is 12.8 Å². The minimum atomic E-state index is -0.738. The molecular formula is C12H14FNO3. The SMILES string of the molecule is Nc1ccc(C(=O)OCOCC2CC2)c(F)c1. The Morgan fingerprint density at radius 1 is 1.47 bits per heavy atom. The van der Waals surface area contributed by atoms with E-state index in [1.54, 1.807) is 0 Å². The quantitative estimate of drug-likeness (QED) is 0.369. The molecule has 92 valence electrons. The number of carbonyl (C=O) groups excluding carboxylic acids is 1. The van der Waals surface area contributed by atoms with Gasteiger partial charge < -0.3 is 15.2 Å². The van der Waals surface area contributed by atoms with Gasteiger partial charge in [-0.2, -0.15) is 0 Å². The lowest BCUT2D eigenvalue weighted by atomic mass is 10.2. The monoisotopic (exact) mass is 239 g/mol. The first-order chi connectivity index (χ1) is 8.16. The maximum absolute atomic E-state index is 13.3. The fraction of sp³-hybridized carbons (Fsp3) is 0.417. The summed E-state index contributed by atoms with van der Waals surface area (Å²) < 4.78 is 23.2. The van der Waals surface area contributed by atoms with Gasteiger partial charge in [-0.3, -0.25) is 0 Å². The Hall–Kier alpha value is -1.62. The van der Waals surface area contributed by atoms with Crippen LogP contribution in [0.15, 0.2) is 18.2 Å². The van der Waals surface area contributed by atoms with E-state index in [2.05, 4.69) is 0 Å². The number of carbonyl (C=O) groups is 1. The molecule has 0 spiro atoms. The number of nitrogens with two attached hydrogens (primary N) is 1. The molecule has 1 aliphatic rings. The minimum Gasteiger partial charge on any atom is -0.435 e. The van der Waals surface area contributed by atoms with Gasteiger partial charge in [-0.15, -0.1) is 0 Å². The van der Waals surface area contributed by atoms with Gasteiger partial charge in [0, 0.05) is 5.69 Å². The van der Waals surface area contributed by atoms with Crippen LogP contribution in [-0.2, 0) is 9.47 Å². The van der Waals surface area contributed by atoms with E-state index < -0.39 is 11.8 Å². The average molecular weight is 239 g/mol. The Balaban J connectivity index is 1.81. The highest BCUT2D eigenvalue weighted by Gasteiger charge is 2.21. The van der Waals surface area contributed by atoms with E-state index in [0.717, 1.165) is 6.07 Å². The van der Waals surface area contributed by atoms with Crippen LogP contribution in [-0.4, -0.2) is 19.4 Å². The predicted octanol–water partition coefficient (Wildman–Crippen LogP) is 1.95. The summed E-state index contributed by atoms with van der Waals surface area (Å²) in [6.45, 7) is 0.455. The lowest BCUT2D eigenvalue weighted by molar-refractivity contribution is -0.0347. The van der Waals surface area contributed by atoms with Crippen molar-refractivity contribution >= 4 is 11.7 Å². The van der Waals surface area contributed by atoms with Crippen LogP contribution >= 0.6 is 0 Å². The van der Waals surface area contributed by atoms with Crippen LogP contribution in [0.25, 0.3) is 0 Å². The number of ether oxygens (including phenoxy) is 2. The largest absolute Gasteiger partial charge is 0.435 e. The molecule has 0 unspecified atom stereocenters. The molecule has 0 heterocycles. The van der Waals surface area contributed by atoms with Gasteiger partial charge in [0.1, 0.15) is 5.82 Å². The summed E-state index contributed by atoms with van der Waals surface area (Å²) in [6, 6.07) is 3.83. The Morgan fingerprint density at radius 3 is 2.88 bits per heavy atom. The molecule has 1 aliphatic carbocycles. The van der Waals surface area contributed by atoms with Crippen LogP contribution < -0.4 is 5.73 Å². The van der Waals surface area contributed by atoms with Crippen LogP contribution in [0.3, 0.4) is 0 Å². The van der Waals surface area contributed by atoms with Crippen LogP contribution in [0.2, 0.25) is 0 Å². The van der Waals surface area contributed by atoms with Crippen molar-refractivity contribution < 1.29 is 18.7 Å². The van der Waals surface area contributed by atoms with E-state index in [-0.39, 0.29) is 18.0 Å². The van der Waals surface area contributed by atoms with Crippen LogP contribution in [0.5, 0.6) is 0 Å². The first-order valence-electron chi connectivity index (χ1n) is 5.46. The zero-order chi connectivity index (χ0) is 12.3. The molecule has 2 rings (SSSR count). The molecule has 0 aromatic heterocycles. The predicted molar refractivity (Wildman–Crippen MR) is 59.8 cm³/mol. The average Bonchev–Trinajstić information content (AvgIpc) is 3.08. The molecule has 0 aliphatic heterocycles. The third kappa shape index (κ3) is 3.42. The van der Waals surface area contributed by atoms with Gasteiger partial charge in [-0.25, -0.2) is 9.18 Å². The second kappa shape index (κ2) is 5.14. The molecule has 1 aromatic carbocycles. The Morgan fingerprint density at radius 2 is 2.24 bits per heavy atom. The molecular weight excluding hydrogens is 225 g/mol. The Labute approximate surface area is 98.5 Å². The fourth-order valence-electron chi connectivity index (χ4n) is 1.37. The third-order valence-corrected chi connectivity index (χ3v) is 2.54. The van der Waals surface area contributed by atoms with Crippen molar-refractivity contribution in [2.24, 2.45) is 5.92 Å². The van der Waals surface area contributed by atoms with E-state index in [4.69, 9.17) is 15.2 Å². The van der Waals surface area contributed by atoms with E-state index in [9.17, 15) is 9.18 Å². The minimum absolute atomic E-state index is 0.130. The van der Waals surface area contributed by atoms with E-state index in [0.29, 0.717) is 12.5 Å². The summed E-state index contributed by atoms with van der Waals surface area (Å²) in [6.07, 6.45) is 2.33. The molecule has 4 nitrogen and oxygen atoms in total. The molecule has 0 bridgehead atoms. The van der Waals surface area contributed by atoms with E-state index >= 15 is 0 Å². The number of hydrogen-bond donors (Lipinski definition) is 1. The number of anilines is 1. The number of benzene rings is 1. The number of halogens is 1. The highest BCUT2D eigenvalue weighted by molar-refractivity contribution is 5.90. The molecule has 1 aromatic rings. The van der Waals surface area contributed by atoms with E-state index in [1.807, 2.05) is 0 Å². The maximum atomic E-state index is 13.3. The van der Waals surface area contributed by atoms with Gasteiger partial charge >= 0.3 is 5.97 Å². The topological polar surface area (TPSA) is 61.6 Å². The van der Waals surface area contributed by atoms with Gasteiger partial charge in [0.25, 0.3) is 0 Å². The first-order valence-corrected chi connectivity index (χ1v) is 5.46. The van der Waals surface area contributed by atoms with Crippen LogP contribution in [0, 0.1) is 11.7 Å². The fourth-order valence-corrected chi connectivity index (χ4v) is 1.37. The summed E-state index contributed by atoms with van der Waals surface area (Å²) in [7, 11) is 0. The van der Waals surface area contributed by atoms with Crippen LogP contribution in [0.1, 0.15) is 23.2 Å². The summed E-state index contributed by atoms with van der Waals surface area (Å²) in [4.78, 5) is 11.5. The number of nitrogen functional groups attached to an aromatic ring is 1. The molecule has 0 amide bonds. The third-order valence-electron chi connectivity index (χ3n) is 2.54. The van der Waals surface area contributed by atoms with Crippen LogP contribution in [0.4, 0.5) is 10.1 Å². The molecule has 0 radical (unpaired) electrons. The smallest absolute Gasteiger partial charge is 0.343 e. The standard InChI is InChI=1S/C12H14FNO3/c13-11-5-9(14)3-4-10(11)12(15)17-7-16-6-8-1-2-8/h3-5,8H,1-2,6-7,14H2. The molecule has 2 N–H and O–H groups in total. The van der Waals surface area contributed by atoms with Gasteiger partial charge in [-0.05, 0) is 37.0 Å². The summed E-state index contributed by atoms with van der Waals surface area (Å²) in [5, 5.41) is 0. The molecule has 0 saturated heterocycles.